The van der Waals surface area contributed by atoms with Crippen LogP contribution in [-0.2, 0) is 9.47 Å². The highest BCUT2D eigenvalue weighted by Crippen LogP contribution is 2.29. The summed E-state index contributed by atoms with van der Waals surface area (Å²) >= 11 is 1.70. The van der Waals surface area contributed by atoms with Gasteiger partial charge >= 0.3 is 0 Å². The lowest BCUT2D eigenvalue weighted by Gasteiger charge is -2.34. The average molecular weight is 329 g/mol. The van der Waals surface area contributed by atoms with E-state index in [1.165, 1.54) is 0 Å². The quantitative estimate of drug-likeness (QED) is 0.767. The molecule has 2 aliphatic rings. The Balaban J connectivity index is 1.95. The Labute approximate surface area is 137 Å². The van der Waals surface area contributed by atoms with Crippen molar-refractivity contribution >= 4 is 17.6 Å². The number of nitrogens with zero attached hydrogens (tertiary/aromatic N) is 3. The first-order valence-corrected chi connectivity index (χ1v) is 8.96. The number of amidine groups is 1. The van der Waals surface area contributed by atoms with Gasteiger partial charge in [-0.2, -0.15) is 0 Å². The second-order valence-corrected chi connectivity index (χ2v) is 6.59. The summed E-state index contributed by atoms with van der Waals surface area (Å²) in [7, 11) is 1.67. The third-order valence-electron chi connectivity index (χ3n) is 3.59. The zero-order valence-electron chi connectivity index (χ0n) is 13.6. The highest BCUT2D eigenvalue weighted by molar-refractivity contribution is 8.00. The van der Waals surface area contributed by atoms with Gasteiger partial charge in [-0.05, 0) is 18.9 Å². The van der Waals surface area contributed by atoms with Crippen molar-refractivity contribution in [3.63, 3.8) is 0 Å². The summed E-state index contributed by atoms with van der Waals surface area (Å²) in [6.45, 7) is 6.77. The fourth-order valence-corrected chi connectivity index (χ4v) is 3.66. The molecule has 2 rings (SSSR count). The lowest BCUT2D eigenvalue weighted by Crippen LogP contribution is -2.44. The van der Waals surface area contributed by atoms with E-state index >= 15 is 0 Å². The van der Waals surface area contributed by atoms with Crippen molar-refractivity contribution in [2.24, 2.45) is 4.99 Å². The molecule has 2 aliphatic heterocycles. The Kier molecular flexibility index (Phi) is 7.01. The number of hydrogen-bond donors (Lipinski definition) is 1. The van der Waals surface area contributed by atoms with Gasteiger partial charge in [-0.3, -0.25) is 0 Å². The van der Waals surface area contributed by atoms with Crippen LogP contribution in [0.4, 0.5) is 0 Å². The van der Waals surface area contributed by atoms with Crippen LogP contribution in [0.1, 0.15) is 26.7 Å². The van der Waals surface area contributed by atoms with E-state index in [9.17, 15) is 5.11 Å². The summed E-state index contributed by atoms with van der Waals surface area (Å²) in [6.07, 6.45) is 4.94. The molecule has 7 heteroatoms. The van der Waals surface area contributed by atoms with Crippen LogP contribution in [-0.4, -0.2) is 71.3 Å². The first kappa shape index (κ1) is 17.6. The number of aliphatic hydroxyl groups is 1. The second-order valence-electron chi connectivity index (χ2n) is 5.39. The van der Waals surface area contributed by atoms with Crippen molar-refractivity contribution in [3.8, 4) is 0 Å². The molecule has 6 nitrogen and oxygen atoms in total. The maximum atomic E-state index is 10.3. The largest absolute Gasteiger partial charge is 0.381 e. The van der Waals surface area contributed by atoms with Crippen molar-refractivity contribution in [1.82, 2.24) is 9.80 Å². The van der Waals surface area contributed by atoms with Crippen LogP contribution in [0, 0.1) is 0 Å². The molecule has 1 fully saturated rings. The number of rotatable bonds is 7. The minimum absolute atomic E-state index is 0.0256. The van der Waals surface area contributed by atoms with Crippen molar-refractivity contribution in [2.75, 3.05) is 32.6 Å². The SMILES string of the molecule is CCCN(CCC)C1=NC(O)N([C@H]2CS[C@@H](COC)O2)C=C1. The van der Waals surface area contributed by atoms with E-state index in [1.807, 2.05) is 12.3 Å². The fourth-order valence-electron chi connectivity index (χ4n) is 2.59. The smallest absolute Gasteiger partial charge is 0.229 e. The highest BCUT2D eigenvalue weighted by Gasteiger charge is 2.33. The highest BCUT2D eigenvalue weighted by atomic mass is 32.2. The third-order valence-corrected chi connectivity index (χ3v) is 4.69. The van der Waals surface area contributed by atoms with E-state index in [0.29, 0.717) is 6.61 Å². The number of methoxy groups -OCH3 is 1. The third kappa shape index (κ3) is 4.38. The van der Waals surface area contributed by atoms with Crippen LogP contribution in [0.25, 0.3) is 0 Å². The van der Waals surface area contributed by atoms with Gasteiger partial charge in [-0.1, -0.05) is 13.8 Å². The summed E-state index contributed by atoms with van der Waals surface area (Å²) in [5.74, 6) is 1.65. The molecule has 22 heavy (non-hydrogen) atoms. The Morgan fingerprint density at radius 1 is 1.45 bits per heavy atom. The van der Waals surface area contributed by atoms with Crippen LogP contribution in [0.15, 0.2) is 17.3 Å². The summed E-state index contributed by atoms with van der Waals surface area (Å²) in [5.41, 5.74) is 0.0256. The monoisotopic (exact) mass is 329 g/mol. The lowest BCUT2D eigenvalue weighted by molar-refractivity contribution is -0.0999. The summed E-state index contributed by atoms with van der Waals surface area (Å²) in [6, 6.07) is 0. The van der Waals surface area contributed by atoms with E-state index in [-0.39, 0.29) is 11.7 Å². The van der Waals surface area contributed by atoms with Gasteiger partial charge in [0.25, 0.3) is 0 Å². The molecular formula is C15H27N3O3S. The Morgan fingerprint density at radius 3 is 2.77 bits per heavy atom. The molecule has 1 saturated heterocycles. The van der Waals surface area contributed by atoms with Crippen LogP contribution < -0.4 is 0 Å². The van der Waals surface area contributed by atoms with Gasteiger partial charge in [0.15, 0.2) is 0 Å². The van der Waals surface area contributed by atoms with E-state index in [4.69, 9.17) is 9.47 Å². The van der Waals surface area contributed by atoms with Crippen LogP contribution in [0.2, 0.25) is 0 Å². The molecular weight excluding hydrogens is 302 g/mol. The van der Waals surface area contributed by atoms with E-state index in [0.717, 1.165) is 37.5 Å². The zero-order valence-corrected chi connectivity index (χ0v) is 14.5. The van der Waals surface area contributed by atoms with Crippen molar-refractivity contribution in [3.05, 3.63) is 12.3 Å². The molecule has 0 bridgehead atoms. The first-order chi connectivity index (χ1) is 10.7. The minimum Gasteiger partial charge on any atom is -0.381 e. The zero-order chi connectivity index (χ0) is 15.9. The molecule has 126 valence electrons. The molecule has 2 heterocycles. The minimum atomic E-state index is -0.886. The molecule has 0 radical (unpaired) electrons. The summed E-state index contributed by atoms with van der Waals surface area (Å²) in [4.78, 5) is 8.42. The Morgan fingerprint density at radius 2 is 2.18 bits per heavy atom. The lowest BCUT2D eigenvalue weighted by atomic mass is 10.3. The molecule has 0 aliphatic carbocycles. The van der Waals surface area contributed by atoms with E-state index < -0.39 is 6.35 Å². The van der Waals surface area contributed by atoms with Crippen LogP contribution in [0.5, 0.6) is 0 Å². The van der Waals surface area contributed by atoms with Gasteiger partial charge < -0.3 is 24.4 Å². The maximum Gasteiger partial charge on any atom is 0.229 e. The van der Waals surface area contributed by atoms with Crippen LogP contribution in [0.3, 0.4) is 0 Å². The van der Waals surface area contributed by atoms with Gasteiger partial charge in [0.05, 0.1) is 6.61 Å². The van der Waals surface area contributed by atoms with Crippen LogP contribution >= 0.6 is 11.8 Å². The molecule has 0 amide bonds. The molecule has 3 atom stereocenters. The normalized spacial score (nSPS) is 28.1. The summed E-state index contributed by atoms with van der Waals surface area (Å²) in [5, 5.41) is 10.3. The number of hydrogen-bond acceptors (Lipinski definition) is 7. The number of aliphatic hydroxyl groups excluding tert-OH is 1. The first-order valence-electron chi connectivity index (χ1n) is 7.92. The maximum absolute atomic E-state index is 10.3. The van der Waals surface area contributed by atoms with Crippen molar-refractivity contribution < 1.29 is 14.6 Å². The standard InChI is InChI=1S/C15H27N3O3S/c1-4-7-17(8-5-2)12-6-9-18(15(19)16-12)13-11-22-14(21-13)10-20-3/h6,9,13-15,19H,4-5,7-8,10-11H2,1-3H3/t13-,14+,15?/m1/s1. The van der Waals surface area contributed by atoms with Gasteiger partial charge in [0.1, 0.15) is 17.5 Å². The van der Waals surface area contributed by atoms with Gasteiger partial charge in [-0.25, -0.2) is 4.99 Å². The predicted molar refractivity (Wildman–Crippen MR) is 89.6 cm³/mol. The predicted octanol–water partition coefficient (Wildman–Crippen LogP) is 1.67. The molecule has 0 aromatic heterocycles. The Bertz CT molecular complexity index is 399. The Hall–Kier alpha value is -0.760. The molecule has 0 saturated carbocycles. The number of aliphatic imine (C=N–C) groups is 1. The molecule has 0 aromatic carbocycles. The van der Waals surface area contributed by atoms with Crippen molar-refractivity contribution in [2.45, 2.75) is 44.7 Å². The molecule has 1 unspecified atom stereocenters. The van der Waals surface area contributed by atoms with Gasteiger partial charge in [0, 0.05) is 32.2 Å². The van der Waals surface area contributed by atoms with Crippen molar-refractivity contribution in [1.29, 1.82) is 0 Å². The molecule has 0 spiro atoms. The van der Waals surface area contributed by atoms with Gasteiger partial charge in [0.2, 0.25) is 6.35 Å². The molecule has 0 aromatic rings. The molecule has 1 N–H and O–H groups in total. The summed E-state index contributed by atoms with van der Waals surface area (Å²) < 4.78 is 11.0. The number of thioether (sulfide) groups is 1. The van der Waals surface area contributed by atoms with Gasteiger partial charge in [-0.15, -0.1) is 11.8 Å². The average Bonchev–Trinajstić information content (AvgIpc) is 2.95. The fraction of sp³-hybridized carbons (Fsp3) is 0.800. The van der Waals surface area contributed by atoms with E-state index in [2.05, 4.69) is 23.7 Å². The topological polar surface area (TPSA) is 57.5 Å². The number of ether oxygens (including phenoxy) is 2. The van der Waals surface area contributed by atoms with E-state index in [1.54, 1.807) is 23.8 Å². The second kappa shape index (κ2) is 8.76.